The van der Waals surface area contributed by atoms with Gasteiger partial charge in [-0.3, -0.25) is 14.4 Å². The Kier molecular flexibility index (Phi) is 7.15. The predicted octanol–water partition coefficient (Wildman–Crippen LogP) is 4.43. The number of ether oxygens (including phenoxy) is 1. The number of nitrogens with one attached hydrogen (secondary N) is 2. The quantitative estimate of drug-likeness (QED) is 0.521. The SMILES string of the molecule is CC(=O)c1ccccc1NC(=O)C(C)OC(=O)c1sc(NC(=O)C(C)(C)C)cc1C. The monoisotopic (exact) mass is 430 g/mol. The molecule has 1 unspecified atom stereocenters. The van der Waals surface area contributed by atoms with Gasteiger partial charge in [-0.2, -0.15) is 0 Å². The van der Waals surface area contributed by atoms with Crippen molar-refractivity contribution in [3.63, 3.8) is 0 Å². The molecule has 0 radical (unpaired) electrons. The van der Waals surface area contributed by atoms with Crippen LogP contribution >= 0.6 is 11.3 Å². The summed E-state index contributed by atoms with van der Waals surface area (Å²) in [4.78, 5) is 49.1. The molecule has 160 valence electrons. The molecule has 0 saturated carbocycles. The number of ketones is 1. The Balaban J connectivity index is 2.06. The zero-order chi connectivity index (χ0) is 22.6. The van der Waals surface area contributed by atoms with Crippen LogP contribution in [0, 0.1) is 12.3 Å². The molecule has 0 aliphatic rings. The average Bonchev–Trinajstić information content (AvgIpc) is 3.01. The fourth-order valence-corrected chi connectivity index (χ4v) is 3.40. The van der Waals surface area contributed by atoms with Gasteiger partial charge in [0.25, 0.3) is 5.91 Å². The molecule has 0 aliphatic carbocycles. The van der Waals surface area contributed by atoms with Gasteiger partial charge >= 0.3 is 5.97 Å². The van der Waals surface area contributed by atoms with Crippen LogP contribution in [0.1, 0.15) is 60.2 Å². The molecule has 0 aliphatic heterocycles. The highest BCUT2D eigenvalue weighted by atomic mass is 32.1. The van der Waals surface area contributed by atoms with Crippen LogP contribution in [0.15, 0.2) is 30.3 Å². The third-order valence-electron chi connectivity index (χ3n) is 4.24. The van der Waals surface area contributed by atoms with Crippen LogP contribution in [0.5, 0.6) is 0 Å². The largest absolute Gasteiger partial charge is 0.448 e. The van der Waals surface area contributed by atoms with Crippen molar-refractivity contribution in [3.8, 4) is 0 Å². The van der Waals surface area contributed by atoms with Crippen LogP contribution in [0.2, 0.25) is 0 Å². The van der Waals surface area contributed by atoms with Crippen LogP contribution < -0.4 is 10.6 Å². The first-order chi connectivity index (χ1) is 13.9. The van der Waals surface area contributed by atoms with Crippen molar-refractivity contribution in [1.29, 1.82) is 0 Å². The Morgan fingerprint density at radius 2 is 1.70 bits per heavy atom. The highest BCUT2D eigenvalue weighted by Gasteiger charge is 2.25. The number of para-hydroxylation sites is 1. The number of benzene rings is 1. The Morgan fingerprint density at radius 3 is 2.30 bits per heavy atom. The van der Waals surface area contributed by atoms with Crippen molar-refractivity contribution in [1.82, 2.24) is 0 Å². The van der Waals surface area contributed by atoms with Gasteiger partial charge in [-0.05, 0) is 44.5 Å². The van der Waals surface area contributed by atoms with Gasteiger partial charge in [0.1, 0.15) is 4.88 Å². The summed E-state index contributed by atoms with van der Waals surface area (Å²) in [5, 5.41) is 5.94. The lowest BCUT2D eigenvalue weighted by Gasteiger charge is -2.16. The Bertz CT molecular complexity index is 988. The van der Waals surface area contributed by atoms with Gasteiger partial charge in [-0.15, -0.1) is 11.3 Å². The molecule has 1 atom stereocenters. The van der Waals surface area contributed by atoms with E-state index in [4.69, 9.17) is 4.74 Å². The summed E-state index contributed by atoms with van der Waals surface area (Å²) in [6.45, 7) is 9.97. The number of carbonyl (C=O) groups excluding carboxylic acids is 4. The third kappa shape index (κ3) is 5.76. The summed E-state index contributed by atoms with van der Waals surface area (Å²) in [6.07, 6.45) is -1.08. The summed E-state index contributed by atoms with van der Waals surface area (Å²) in [6, 6.07) is 8.30. The van der Waals surface area contributed by atoms with Crippen LogP contribution in [-0.4, -0.2) is 29.7 Å². The molecule has 7 nitrogen and oxygen atoms in total. The minimum Gasteiger partial charge on any atom is -0.448 e. The van der Waals surface area contributed by atoms with E-state index in [1.807, 2.05) is 0 Å². The van der Waals surface area contributed by atoms with Crippen LogP contribution in [0.25, 0.3) is 0 Å². The fourth-order valence-electron chi connectivity index (χ4n) is 2.45. The Hall–Kier alpha value is -3.00. The van der Waals surface area contributed by atoms with Crippen molar-refractivity contribution in [2.75, 3.05) is 10.6 Å². The lowest BCUT2D eigenvalue weighted by atomic mass is 9.96. The fraction of sp³-hybridized carbons (Fsp3) is 0.364. The van der Waals surface area contributed by atoms with E-state index in [-0.39, 0.29) is 11.7 Å². The summed E-state index contributed by atoms with van der Waals surface area (Å²) < 4.78 is 5.30. The third-order valence-corrected chi connectivity index (χ3v) is 5.37. The van der Waals surface area contributed by atoms with Gasteiger partial charge in [0, 0.05) is 11.0 Å². The van der Waals surface area contributed by atoms with Gasteiger partial charge < -0.3 is 15.4 Å². The lowest BCUT2D eigenvalue weighted by molar-refractivity contribution is -0.124. The number of hydrogen-bond acceptors (Lipinski definition) is 6. The summed E-state index contributed by atoms with van der Waals surface area (Å²) in [5.41, 5.74) is 0.806. The Morgan fingerprint density at radius 1 is 1.07 bits per heavy atom. The Labute approximate surface area is 179 Å². The number of hydrogen-bond donors (Lipinski definition) is 2. The number of amides is 2. The maximum Gasteiger partial charge on any atom is 0.349 e. The maximum atomic E-state index is 12.5. The normalized spacial score (nSPS) is 12.1. The molecule has 0 fully saturated rings. The smallest absolute Gasteiger partial charge is 0.349 e. The molecular weight excluding hydrogens is 404 g/mol. The van der Waals surface area contributed by atoms with Gasteiger partial charge in [0.05, 0.1) is 10.7 Å². The standard InChI is InChI=1S/C22H26N2O5S/c1-12-11-17(24-21(28)22(4,5)6)30-18(12)20(27)29-14(3)19(26)23-16-10-8-7-9-15(16)13(2)25/h7-11,14H,1-6H3,(H,23,26)(H,24,28). The molecule has 1 aromatic heterocycles. The van der Waals surface area contributed by atoms with Crippen molar-refractivity contribution < 1.29 is 23.9 Å². The molecular formula is C22H26N2O5S. The van der Waals surface area contributed by atoms with Crippen molar-refractivity contribution in [3.05, 3.63) is 46.3 Å². The molecule has 2 aromatic rings. The van der Waals surface area contributed by atoms with E-state index in [0.29, 0.717) is 26.7 Å². The van der Waals surface area contributed by atoms with E-state index < -0.39 is 23.4 Å². The van der Waals surface area contributed by atoms with E-state index in [2.05, 4.69) is 10.6 Å². The first-order valence-corrected chi connectivity index (χ1v) is 10.3. The number of carbonyl (C=O) groups is 4. The zero-order valence-electron chi connectivity index (χ0n) is 17.9. The van der Waals surface area contributed by atoms with E-state index in [9.17, 15) is 19.2 Å². The number of aryl methyl sites for hydroxylation is 1. The van der Waals surface area contributed by atoms with Crippen LogP contribution in [-0.2, 0) is 14.3 Å². The summed E-state index contributed by atoms with van der Waals surface area (Å²) >= 11 is 1.09. The van der Waals surface area contributed by atoms with Crippen molar-refractivity contribution in [2.45, 2.75) is 47.6 Å². The van der Waals surface area contributed by atoms with E-state index >= 15 is 0 Å². The van der Waals surface area contributed by atoms with Gasteiger partial charge in [-0.1, -0.05) is 32.9 Å². The first kappa shape index (κ1) is 23.3. The van der Waals surface area contributed by atoms with E-state index in [0.717, 1.165) is 11.3 Å². The zero-order valence-corrected chi connectivity index (χ0v) is 18.7. The van der Waals surface area contributed by atoms with Crippen LogP contribution in [0.4, 0.5) is 10.7 Å². The van der Waals surface area contributed by atoms with E-state index in [1.165, 1.54) is 13.8 Å². The number of anilines is 2. The summed E-state index contributed by atoms with van der Waals surface area (Å²) in [7, 11) is 0. The van der Waals surface area contributed by atoms with Gasteiger partial charge in [0.15, 0.2) is 11.9 Å². The molecule has 8 heteroatoms. The predicted molar refractivity (Wildman–Crippen MR) is 117 cm³/mol. The molecule has 30 heavy (non-hydrogen) atoms. The minimum absolute atomic E-state index is 0.166. The lowest BCUT2D eigenvalue weighted by Crippen LogP contribution is -2.30. The molecule has 2 rings (SSSR count). The maximum absolute atomic E-state index is 12.5. The molecule has 2 amide bonds. The van der Waals surface area contributed by atoms with E-state index in [1.54, 1.807) is 58.0 Å². The minimum atomic E-state index is -1.08. The molecule has 0 spiro atoms. The number of Topliss-reactive ketones (excluding diaryl/α,β-unsaturated/α-hetero) is 1. The molecule has 1 heterocycles. The summed E-state index contributed by atoms with van der Waals surface area (Å²) in [5.74, 6) is -1.56. The second-order valence-corrected chi connectivity index (χ2v) is 9.02. The van der Waals surface area contributed by atoms with Gasteiger partial charge in [-0.25, -0.2) is 4.79 Å². The number of rotatable bonds is 6. The average molecular weight is 431 g/mol. The van der Waals surface area contributed by atoms with Gasteiger partial charge in [0.2, 0.25) is 5.91 Å². The second-order valence-electron chi connectivity index (χ2n) is 7.97. The second kappa shape index (κ2) is 9.21. The molecule has 0 bridgehead atoms. The first-order valence-electron chi connectivity index (χ1n) is 9.44. The molecule has 0 saturated heterocycles. The molecule has 2 N–H and O–H groups in total. The number of esters is 1. The van der Waals surface area contributed by atoms with Crippen LogP contribution in [0.3, 0.4) is 0 Å². The highest BCUT2D eigenvalue weighted by molar-refractivity contribution is 7.18. The van der Waals surface area contributed by atoms with Crippen molar-refractivity contribution in [2.24, 2.45) is 5.41 Å². The molecule has 1 aromatic carbocycles. The van der Waals surface area contributed by atoms with Crippen molar-refractivity contribution >= 4 is 45.6 Å². The topological polar surface area (TPSA) is 102 Å². The highest BCUT2D eigenvalue weighted by Crippen LogP contribution is 2.29. The number of thiophene rings is 1.